The van der Waals surface area contributed by atoms with Crippen LogP contribution >= 0.6 is 11.6 Å². The molecule has 0 saturated heterocycles. The SMILES string of the molecule is Cc1ccc2nc(-c3cccc(Cl)c3N)oc2c1. The molecule has 0 bridgehead atoms. The molecule has 0 aliphatic rings. The summed E-state index contributed by atoms with van der Waals surface area (Å²) < 4.78 is 5.72. The topological polar surface area (TPSA) is 52.0 Å². The minimum absolute atomic E-state index is 0.488. The van der Waals surface area contributed by atoms with E-state index < -0.39 is 0 Å². The number of hydrogen-bond acceptors (Lipinski definition) is 3. The monoisotopic (exact) mass is 258 g/mol. The fourth-order valence-corrected chi connectivity index (χ4v) is 2.05. The highest BCUT2D eigenvalue weighted by atomic mass is 35.5. The molecule has 0 spiro atoms. The van der Waals surface area contributed by atoms with Crippen LogP contribution in [0.15, 0.2) is 40.8 Å². The normalized spacial score (nSPS) is 11.0. The lowest BCUT2D eigenvalue weighted by Crippen LogP contribution is -1.90. The number of nitrogen functional groups attached to an aromatic ring is 1. The maximum atomic E-state index is 5.99. The van der Waals surface area contributed by atoms with E-state index in [2.05, 4.69) is 4.98 Å². The summed E-state index contributed by atoms with van der Waals surface area (Å²) in [5.74, 6) is 0.496. The lowest BCUT2D eigenvalue weighted by molar-refractivity contribution is 0.620. The lowest BCUT2D eigenvalue weighted by Gasteiger charge is -2.02. The fourth-order valence-electron chi connectivity index (χ4n) is 1.87. The highest BCUT2D eigenvalue weighted by molar-refractivity contribution is 6.33. The van der Waals surface area contributed by atoms with Crippen molar-refractivity contribution in [3.63, 3.8) is 0 Å². The Morgan fingerprint density at radius 2 is 2.06 bits per heavy atom. The average molecular weight is 259 g/mol. The molecule has 2 N–H and O–H groups in total. The van der Waals surface area contributed by atoms with Gasteiger partial charge in [0.25, 0.3) is 0 Å². The standard InChI is InChI=1S/C14H11ClN2O/c1-8-5-6-11-12(7-8)18-14(17-11)9-3-2-4-10(15)13(9)16/h2-7H,16H2,1H3. The summed E-state index contributed by atoms with van der Waals surface area (Å²) in [7, 11) is 0. The van der Waals surface area contributed by atoms with E-state index in [1.807, 2.05) is 37.3 Å². The van der Waals surface area contributed by atoms with Gasteiger partial charge in [-0.3, -0.25) is 0 Å². The van der Waals surface area contributed by atoms with E-state index in [0.29, 0.717) is 16.6 Å². The van der Waals surface area contributed by atoms with E-state index >= 15 is 0 Å². The molecule has 3 rings (SSSR count). The van der Waals surface area contributed by atoms with Crippen molar-refractivity contribution < 1.29 is 4.42 Å². The van der Waals surface area contributed by atoms with Gasteiger partial charge >= 0.3 is 0 Å². The molecule has 0 aliphatic carbocycles. The van der Waals surface area contributed by atoms with Gasteiger partial charge in [-0.25, -0.2) is 4.98 Å². The summed E-state index contributed by atoms with van der Waals surface area (Å²) in [6.45, 7) is 2.01. The van der Waals surface area contributed by atoms with E-state index in [9.17, 15) is 0 Å². The zero-order valence-corrected chi connectivity index (χ0v) is 10.5. The lowest BCUT2D eigenvalue weighted by atomic mass is 10.2. The van der Waals surface area contributed by atoms with Crippen LogP contribution in [0.25, 0.3) is 22.6 Å². The average Bonchev–Trinajstić information content (AvgIpc) is 2.75. The first-order valence-corrected chi connectivity index (χ1v) is 5.94. The molecule has 0 fully saturated rings. The number of aryl methyl sites for hydroxylation is 1. The van der Waals surface area contributed by atoms with E-state index in [-0.39, 0.29) is 0 Å². The van der Waals surface area contributed by atoms with Crippen molar-refractivity contribution in [1.82, 2.24) is 4.98 Å². The highest BCUT2D eigenvalue weighted by Crippen LogP contribution is 2.32. The third-order valence-electron chi connectivity index (χ3n) is 2.83. The molecular weight excluding hydrogens is 248 g/mol. The predicted octanol–water partition coefficient (Wildman–Crippen LogP) is 4.04. The highest BCUT2D eigenvalue weighted by Gasteiger charge is 2.12. The summed E-state index contributed by atoms with van der Waals surface area (Å²) in [4.78, 5) is 4.42. The Bertz CT molecular complexity index is 734. The van der Waals surface area contributed by atoms with Crippen LogP contribution < -0.4 is 5.73 Å². The summed E-state index contributed by atoms with van der Waals surface area (Å²) >= 11 is 5.99. The number of oxazole rings is 1. The molecule has 3 nitrogen and oxygen atoms in total. The third-order valence-corrected chi connectivity index (χ3v) is 3.16. The summed E-state index contributed by atoms with van der Waals surface area (Å²) in [6.07, 6.45) is 0. The Hall–Kier alpha value is -2.00. The Kier molecular flexibility index (Phi) is 2.49. The van der Waals surface area contributed by atoms with E-state index in [1.54, 1.807) is 6.07 Å². The summed E-state index contributed by atoms with van der Waals surface area (Å²) in [6, 6.07) is 11.3. The minimum atomic E-state index is 0.488. The van der Waals surface area contributed by atoms with Gasteiger partial charge in [0, 0.05) is 0 Å². The second-order valence-electron chi connectivity index (χ2n) is 4.19. The van der Waals surface area contributed by atoms with Gasteiger partial charge in [-0.15, -0.1) is 0 Å². The first-order valence-electron chi connectivity index (χ1n) is 5.57. The van der Waals surface area contributed by atoms with Crippen LogP contribution in [0.1, 0.15) is 5.56 Å². The molecule has 3 aromatic rings. The molecular formula is C14H11ClN2O. The molecule has 18 heavy (non-hydrogen) atoms. The zero-order chi connectivity index (χ0) is 12.7. The number of hydrogen-bond donors (Lipinski definition) is 1. The van der Waals surface area contributed by atoms with Crippen molar-refractivity contribution in [3.05, 3.63) is 47.0 Å². The van der Waals surface area contributed by atoms with Gasteiger partial charge in [-0.05, 0) is 36.8 Å². The number of nitrogens with zero attached hydrogens (tertiary/aromatic N) is 1. The molecule has 2 aromatic carbocycles. The van der Waals surface area contributed by atoms with Crippen molar-refractivity contribution in [2.75, 3.05) is 5.73 Å². The first-order chi connectivity index (χ1) is 8.65. The van der Waals surface area contributed by atoms with Crippen molar-refractivity contribution in [1.29, 1.82) is 0 Å². The molecule has 0 radical (unpaired) electrons. The maximum Gasteiger partial charge on any atom is 0.229 e. The molecule has 1 heterocycles. The van der Waals surface area contributed by atoms with Crippen LogP contribution in [0.3, 0.4) is 0 Å². The molecule has 4 heteroatoms. The number of para-hydroxylation sites is 1. The van der Waals surface area contributed by atoms with Crippen LogP contribution in [-0.4, -0.2) is 4.98 Å². The molecule has 0 saturated carbocycles. The molecule has 0 aliphatic heterocycles. The van der Waals surface area contributed by atoms with Crippen molar-refractivity contribution in [3.8, 4) is 11.5 Å². The molecule has 90 valence electrons. The smallest absolute Gasteiger partial charge is 0.229 e. The van der Waals surface area contributed by atoms with Gasteiger partial charge < -0.3 is 10.2 Å². The van der Waals surface area contributed by atoms with Crippen LogP contribution in [-0.2, 0) is 0 Å². The number of fused-ring (bicyclic) bond motifs is 1. The van der Waals surface area contributed by atoms with Crippen molar-refractivity contribution in [2.24, 2.45) is 0 Å². The van der Waals surface area contributed by atoms with E-state index in [0.717, 1.165) is 22.2 Å². The van der Waals surface area contributed by atoms with Crippen LogP contribution in [0.4, 0.5) is 5.69 Å². The van der Waals surface area contributed by atoms with Gasteiger partial charge in [-0.1, -0.05) is 23.7 Å². The number of nitrogens with two attached hydrogens (primary N) is 1. The van der Waals surface area contributed by atoms with Crippen LogP contribution in [0, 0.1) is 6.92 Å². The van der Waals surface area contributed by atoms with Crippen LogP contribution in [0.2, 0.25) is 5.02 Å². The Morgan fingerprint density at radius 1 is 1.22 bits per heavy atom. The number of halogens is 1. The first kappa shape index (κ1) is 11.1. The van der Waals surface area contributed by atoms with Crippen molar-refractivity contribution in [2.45, 2.75) is 6.92 Å². The van der Waals surface area contributed by atoms with Gasteiger partial charge in [0.2, 0.25) is 5.89 Å². The third kappa shape index (κ3) is 1.73. The molecule has 1 aromatic heterocycles. The second kappa shape index (κ2) is 4.03. The van der Waals surface area contributed by atoms with E-state index in [1.165, 1.54) is 0 Å². The number of aromatic nitrogens is 1. The molecule has 0 amide bonds. The molecule has 0 unspecified atom stereocenters. The van der Waals surface area contributed by atoms with Crippen molar-refractivity contribution >= 4 is 28.4 Å². The fraction of sp³-hybridized carbons (Fsp3) is 0.0714. The maximum absolute atomic E-state index is 5.99. The van der Waals surface area contributed by atoms with Gasteiger partial charge in [0.1, 0.15) is 5.52 Å². The Balaban J connectivity index is 2.22. The quantitative estimate of drug-likeness (QED) is 0.670. The Morgan fingerprint density at radius 3 is 2.89 bits per heavy atom. The largest absolute Gasteiger partial charge is 0.436 e. The van der Waals surface area contributed by atoms with Gasteiger partial charge in [-0.2, -0.15) is 0 Å². The number of rotatable bonds is 1. The Labute approximate surface area is 109 Å². The van der Waals surface area contributed by atoms with Crippen LogP contribution in [0.5, 0.6) is 0 Å². The molecule has 0 atom stereocenters. The zero-order valence-electron chi connectivity index (χ0n) is 9.77. The summed E-state index contributed by atoms with van der Waals surface area (Å²) in [5, 5.41) is 0.505. The second-order valence-corrected chi connectivity index (χ2v) is 4.60. The van der Waals surface area contributed by atoms with Gasteiger partial charge in [0.15, 0.2) is 5.58 Å². The predicted molar refractivity (Wildman–Crippen MR) is 73.6 cm³/mol. The minimum Gasteiger partial charge on any atom is -0.436 e. The summed E-state index contributed by atoms with van der Waals surface area (Å²) in [5.41, 5.74) is 9.84. The number of anilines is 1. The number of benzene rings is 2. The van der Waals surface area contributed by atoms with E-state index in [4.69, 9.17) is 21.8 Å². The van der Waals surface area contributed by atoms with Gasteiger partial charge in [0.05, 0.1) is 16.3 Å².